The molecule has 4 rings (SSSR count). The van der Waals surface area contributed by atoms with Crippen molar-refractivity contribution in [1.29, 1.82) is 0 Å². The highest BCUT2D eigenvalue weighted by atomic mass is 35.5. The number of benzene rings is 3. The highest BCUT2D eigenvalue weighted by Crippen LogP contribution is 2.28. The van der Waals surface area contributed by atoms with E-state index in [1.807, 2.05) is 0 Å². The summed E-state index contributed by atoms with van der Waals surface area (Å²) in [6.45, 7) is 3.59. The summed E-state index contributed by atoms with van der Waals surface area (Å²) in [6.07, 6.45) is 0. The van der Waals surface area contributed by atoms with Crippen LogP contribution in [-0.2, 0) is 4.74 Å². The van der Waals surface area contributed by atoms with Crippen molar-refractivity contribution in [3.63, 3.8) is 0 Å². The molecule has 0 unspecified atom stereocenters. The highest BCUT2D eigenvalue weighted by Gasteiger charge is 2.16. The summed E-state index contributed by atoms with van der Waals surface area (Å²) in [5, 5.41) is 0.766. The van der Waals surface area contributed by atoms with E-state index in [2.05, 4.69) is 0 Å². The van der Waals surface area contributed by atoms with E-state index in [1.165, 1.54) is 18.2 Å². The van der Waals surface area contributed by atoms with Crippen LogP contribution in [0.4, 0.5) is 0 Å². The van der Waals surface area contributed by atoms with Crippen LogP contribution in [-0.4, -0.2) is 18.5 Å². The first-order valence-corrected chi connectivity index (χ1v) is 10.7. The van der Waals surface area contributed by atoms with Crippen molar-refractivity contribution < 1.29 is 28.2 Å². The van der Waals surface area contributed by atoms with Gasteiger partial charge in [0.2, 0.25) is 11.2 Å². The Balaban J connectivity index is 1.57. The van der Waals surface area contributed by atoms with Crippen LogP contribution < -0.4 is 14.9 Å². The molecular weight excluding hydrogens is 460 g/mol. The Morgan fingerprint density at radius 3 is 2.18 bits per heavy atom. The first-order chi connectivity index (χ1) is 16.4. The molecule has 0 saturated carbocycles. The largest absolute Gasteiger partial charge is 0.462 e. The molecule has 4 aromatic rings. The van der Waals surface area contributed by atoms with Crippen LogP contribution >= 0.6 is 11.6 Å². The zero-order valence-electron chi connectivity index (χ0n) is 18.3. The van der Waals surface area contributed by atoms with Crippen LogP contribution in [0.25, 0.3) is 11.0 Å². The SMILES string of the molecule is CCOC(=O)c1ccc(Oc2c(C)oc3cc(OC(=O)c4ccc(Cl)cc4)ccc3c2=O)cc1. The van der Waals surface area contributed by atoms with Crippen molar-refractivity contribution in [2.45, 2.75) is 13.8 Å². The predicted molar refractivity (Wildman–Crippen MR) is 126 cm³/mol. The Labute approximate surface area is 199 Å². The molecule has 172 valence electrons. The molecule has 8 heteroatoms. The number of esters is 2. The van der Waals surface area contributed by atoms with E-state index in [4.69, 9.17) is 30.2 Å². The van der Waals surface area contributed by atoms with E-state index >= 15 is 0 Å². The number of rotatable bonds is 6. The van der Waals surface area contributed by atoms with Crippen LogP contribution in [0.3, 0.4) is 0 Å². The maximum atomic E-state index is 13.0. The number of aryl methyl sites for hydroxylation is 1. The number of hydrogen-bond donors (Lipinski definition) is 0. The zero-order valence-corrected chi connectivity index (χ0v) is 19.0. The van der Waals surface area contributed by atoms with Gasteiger partial charge in [-0.05, 0) is 74.5 Å². The summed E-state index contributed by atoms with van der Waals surface area (Å²) < 4.78 is 21.9. The first kappa shape index (κ1) is 23.1. The predicted octanol–water partition coefficient (Wildman–Crippen LogP) is 5.94. The molecule has 0 radical (unpaired) electrons. The molecule has 0 aliphatic heterocycles. The summed E-state index contributed by atoms with van der Waals surface area (Å²) in [7, 11) is 0. The first-order valence-electron chi connectivity index (χ1n) is 10.4. The van der Waals surface area contributed by atoms with Crippen molar-refractivity contribution in [2.24, 2.45) is 0 Å². The molecule has 0 aliphatic carbocycles. The van der Waals surface area contributed by atoms with Gasteiger partial charge in [0.25, 0.3) is 0 Å². The summed E-state index contributed by atoms with van der Waals surface area (Å²) in [4.78, 5) is 37.2. The van der Waals surface area contributed by atoms with Gasteiger partial charge in [-0.2, -0.15) is 0 Å². The molecule has 7 nitrogen and oxygen atoms in total. The minimum atomic E-state index is -0.568. The average molecular weight is 479 g/mol. The van der Waals surface area contributed by atoms with E-state index in [1.54, 1.807) is 62.4 Å². The molecule has 0 atom stereocenters. The van der Waals surface area contributed by atoms with E-state index in [0.717, 1.165) is 0 Å². The van der Waals surface area contributed by atoms with E-state index < -0.39 is 11.9 Å². The third kappa shape index (κ3) is 4.94. The van der Waals surface area contributed by atoms with Gasteiger partial charge >= 0.3 is 11.9 Å². The number of carbonyl (C=O) groups excluding carboxylic acids is 2. The quantitative estimate of drug-likeness (QED) is 0.250. The normalized spacial score (nSPS) is 10.7. The second kappa shape index (κ2) is 9.80. The standard InChI is InChI=1S/C26H19ClO7/c1-3-31-25(29)16-6-10-19(11-7-16)33-24-15(2)32-22-14-20(12-13-21(22)23(24)28)34-26(30)17-4-8-18(27)9-5-17/h4-14H,3H2,1-2H3. The van der Waals surface area contributed by atoms with Crippen LogP contribution in [0.2, 0.25) is 5.02 Å². The lowest BCUT2D eigenvalue weighted by Gasteiger charge is -2.10. The molecule has 1 aromatic heterocycles. The fourth-order valence-corrected chi connectivity index (χ4v) is 3.32. The van der Waals surface area contributed by atoms with Gasteiger partial charge < -0.3 is 18.6 Å². The van der Waals surface area contributed by atoms with Crippen molar-refractivity contribution >= 4 is 34.5 Å². The molecule has 0 saturated heterocycles. The number of hydrogen-bond acceptors (Lipinski definition) is 7. The topological polar surface area (TPSA) is 92.0 Å². The van der Waals surface area contributed by atoms with Crippen LogP contribution in [0.1, 0.15) is 33.4 Å². The molecule has 0 aliphatic rings. The second-order valence-electron chi connectivity index (χ2n) is 7.22. The maximum Gasteiger partial charge on any atom is 0.343 e. The fourth-order valence-electron chi connectivity index (χ4n) is 3.19. The van der Waals surface area contributed by atoms with Gasteiger partial charge in [-0.15, -0.1) is 0 Å². The minimum absolute atomic E-state index is 0.0160. The van der Waals surface area contributed by atoms with Gasteiger partial charge in [-0.3, -0.25) is 4.79 Å². The summed E-state index contributed by atoms with van der Waals surface area (Å²) in [5.74, 6) is -0.172. The summed E-state index contributed by atoms with van der Waals surface area (Å²) >= 11 is 5.84. The van der Waals surface area contributed by atoms with Crippen molar-refractivity contribution in [3.05, 3.63) is 98.9 Å². The van der Waals surface area contributed by atoms with Crippen LogP contribution in [0.5, 0.6) is 17.2 Å². The van der Waals surface area contributed by atoms with E-state index in [9.17, 15) is 14.4 Å². The Morgan fingerprint density at radius 2 is 1.50 bits per heavy atom. The van der Waals surface area contributed by atoms with Gasteiger partial charge in [-0.1, -0.05) is 11.6 Å². The second-order valence-corrected chi connectivity index (χ2v) is 7.65. The number of ether oxygens (including phenoxy) is 3. The van der Waals surface area contributed by atoms with Gasteiger partial charge in [0.05, 0.1) is 23.1 Å². The third-order valence-electron chi connectivity index (χ3n) is 4.86. The Morgan fingerprint density at radius 1 is 0.882 bits per heavy atom. The van der Waals surface area contributed by atoms with Gasteiger partial charge in [0, 0.05) is 11.1 Å². The number of carbonyl (C=O) groups is 2. The van der Waals surface area contributed by atoms with Gasteiger partial charge in [0.15, 0.2) is 0 Å². The summed E-state index contributed by atoms with van der Waals surface area (Å²) in [6, 6.07) is 17.0. The number of halogens is 1. The molecule has 0 N–H and O–H groups in total. The molecule has 0 bridgehead atoms. The fraction of sp³-hybridized carbons (Fsp3) is 0.115. The molecule has 1 heterocycles. The van der Waals surface area contributed by atoms with Crippen molar-refractivity contribution in [3.8, 4) is 17.2 Å². The van der Waals surface area contributed by atoms with Gasteiger partial charge in [0.1, 0.15) is 22.8 Å². The third-order valence-corrected chi connectivity index (χ3v) is 5.11. The lowest BCUT2D eigenvalue weighted by atomic mass is 10.2. The molecule has 0 spiro atoms. The smallest absolute Gasteiger partial charge is 0.343 e. The lowest BCUT2D eigenvalue weighted by molar-refractivity contribution is 0.0526. The zero-order chi connectivity index (χ0) is 24.2. The molecule has 34 heavy (non-hydrogen) atoms. The minimum Gasteiger partial charge on any atom is -0.462 e. The maximum absolute atomic E-state index is 13.0. The van der Waals surface area contributed by atoms with Gasteiger partial charge in [-0.25, -0.2) is 9.59 Å². The van der Waals surface area contributed by atoms with Crippen molar-refractivity contribution in [2.75, 3.05) is 6.61 Å². The highest BCUT2D eigenvalue weighted by molar-refractivity contribution is 6.30. The lowest BCUT2D eigenvalue weighted by Crippen LogP contribution is -2.10. The Bertz CT molecular complexity index is 1420. The molecule has 0 amide bonds. The molecule has 3 aromatic carbocycles. The average Bonchev–Trinajstić information content (AvgIpc) is 2.82. The monoisotopic (exact) mass is 478 g/mol. The van der Waals surface area contributed by atoms with Crippen molar-refractivity contribution in [1.82, 2.24) is 0 Å². The Hall–Kier alpha value is -4.10. The summed E-state index contributed by atoms with van der Waals surface area (Å²) in [5.41, 5.74) is 0.565. The Kier molecular flexibility index (Phi) is 6.65. The van der Waals surface area contributed by atoms with Crippen LogP contribution in [0, 0.1) is 6.92 Å². The van der Waals surface area contributed by atoms with E-state index in [-0.39, 0.29) is 40.3 Å². The van der Waals surface area contributed by atoms with E-state index in [0.29, 0.717) is 21.9 Å². The molecule has 0 fully saturated rings. The number of fused-ring (bicyclic) bond motifs is 1. The van der Waals surface area contributed by atoms with Crippen LogP contribution in [0.15, 0.2) is 75.9 Å². The molecular formula is C26H19ClO7.